The van der Waals surface area contributed by atoms with Crippen molar-refractivity contribution in [1.29, 1.82) is 0 Å². The van der Waals surface area contributed by atoms with Crippen LogP contribution in [0.15, 0.2) is 65.1 Å². The molecular formula is C32H34F3N3O7S. The van der Waals surface area contributed by atoms with Crippen molar-refractivity contribution in [3.63, 3.8) is 0 Å². The molecule has 0 bridgehead atoms. The first-order chi connectivity index (χ1) is 21.4. The Morgan fingerprint density at radius 3 is 2.30 bits per heavy atom. The second-order valence-electron chi connectivity index (χ2n) is 11.2. The molecule has 5 N–H and O–H groups in total. The molecule has 0 radical (unpaired) electrons. The molecule has 1 aromatic heterocycles. The zero-order valence-corrected chi connectivity index (χ0v) is 26.1. The van der Waals surface area contributed by atoms with Gasteiger partial charge in [0, 0.05) is 18.4 Å². The summed E-state index contributed by atoms with van der Waals surface area (Å²) in [5.74, 6) is -2.09. The number of carboxylic acids is 1. The number of benzene rings is 3. The number of amides is 1. The number of carbonyl (C=O) groups is 2. The van der Waals surface area contributed by atoms with Crippen LogP contribution in [0.5, 0.6) is 5.75 Å². The maximum atomic E-state index is 13.2. The maximum Gasteiger partial charge on any atom is 0.490 e. The number of fused-ring (bicyclic) bond motifs is 2. The zero-order valence-electron chi connectivity index (χ0n) is 25.3. The average Bonchev–Trinajstić information content (AvgIpc) is 3.36. The highest BCUT2D eigenvalue weighted by Crippen LogP contribution is 2.37. The Morgan fingerprint density at radius 1 is 1.09 bits per heavy atom. The number of para-hydroxylation sites is 1. The van der Waals surface area contributed by atoms with Gasteiger partial charge in [0.05, 0.1) is 24.0 Å². The van der Waals surface area contributed by atoms with Crippen LogP contribution < -0.4 is 15.4 Å². The number of phenolic OH excluding ortho intramolecular Hbond substituents is 1. The van der Waals surface area contributed by atoms with E-state index < -0.39 is 34.3 Å². The first-order valence-corrected chi connectivity index (χ1v) is 16.0. The van der Waals surface area contributed by atoms with Crippen LogP contribution in [0.4, 0.5) is 18.9 Å². The van der Waals surface area contributed by atoms with E-state index in [0.29, 0.717) is 24.9 Å². The van der Waals surface area contributed by atoms with Crippen molar-refractivity contribution in [2.45, 2.75) is 51.4 Å². The number of nitrogens with two attached hydrogens (primary N) is 1. The standard InChI is InChI=1S/C30H33N3O5S.C2HF3O2/c1-18-12-22(34)13-19(2)24(18)17-26(31)30(35)32-27-10-11-33(39(3,36)37)28-9-8-20(15-25(27)28)14-23-16-21-6-4-5-7-29(21)38-23;3-2(4,5)1(6)7/h4-9,12-13,15-16,26-27,34H,10-11,14,17,31H2,1-3H3,(H,32,35);(H,6,7)/t26-,27+;/m0./s1. The molecule has 0 unspecified atom stereocenters. The fourth-order valence-electron chi connectivity index (χ4n) is 5.45. The minimum absolute atomic E-state index is 0.180. The Bertz CT molecular complexity index is 1820. The molecule has 3 aromatic carbocycles. The highest BCUT2D eigenvalue weighted by Gasteiger charge is 2.38. The number of aromatic hydroxyl groups is 1. The molecule has 1 aliphatic heterocycles. The quantitative estimate of drug-likeness (QED) is 0.218. The monoisotopic (exact) mass is 661 g/mol. The molecule has 0 spiro atoms. The van der Waals surface area contributed by atoms with Gasteiger partial charge >= 0.3 is 12.1 Å². The number of halogens is 3. The van der Waals surface area contributed by atoms with Crippen LogP contribution in [0.1, 0.15) is 46.0 Å². The van der Waals surface area contributed by atoms with Crippen LogP contribution in [-0.4, -0.2) is 55.5 Å². The van der Waals surface area contributed by atoms with E-state index in [1.54, 1.807) is 18.2 Å². The maximum absolute atomic E-state index is 13.2. The van der Waals surface area contributed by atoms with Crippen LogP contribution in [0.2, 0.25) is 0 Å². The van der Waals surface area contributed by atoms with Crippen LogP contribution in [0.25, 0.3) is 11.0 Å². The topological polar surface area (TPSA) is 163 Å². The summed E-state index contributed by atoms with van der Waals surface area (Å²) in [7, 11) is -3.49. The smallest absolute Gasteiger partial charge is 0.490 e. The normalized spacial score (nSPS) is 15.5. The van der Waals surface area contributed by atoms with Gasteiger partial charge in [0.15, 0.2) is 0 Å². The SMILES string of the molecule is Cc1cc(O)cc(C)c1C[C@H](N)C(=O)N[C@@H]1CCN(S(C)(=O)=O)c2ccc(Cc3cc4ccccc4o3)cc21.O=C(O)C(F)(F)F. The van der Waals surface area contributed by atoms with E-state index in [9.17, 15) is 31.5 Å². The molecule has 4 aromatic rings. The van der Waals surface area contributed by atoms with Gasteiger partial charge in [-0.1, -0.05) is 30.3 Å². The molecule has 0 saturated carbocycles. The lowest BCUT2D eigenvalue weighted by Crippen LogP contribution is -2.46. The number of aliphatic carboxylic acids is 1. The number of nitrogens with zero attached hydrogens (tertiary/aromatic N) is 1. The van der Waals surface area contributed by atoms with Gasteiger partial charge in [-0.3, -0.25) is 9.10 Å². The second-order valence-corrected chi connectivity index (χ2v) is 13.1. The van der Waals surface area contributed by atoms with Gasteiger partial charge in [-0.05, 0) is 84.8 Å². The number of aryl methyl sites for hydroxylation is 2. The number of carbonyl (C=O) groups excluding carboxylic acids is 1. The van der Waals surface area contributed by atoms with E-state index in [0.717, 1.165) is 44.5 Å². The van der Waals surface area contributed by atoms with Gasteiger partial charge in [-0.25, -0.2) is 13.2 Å². The van der Waals surface area contributed by atoms with E-state index >= 15 is 0 Å². The number of sulfonamides is 1. The Hall–Kier alpha value is -4.56. The summed E-state index contributed by atoms with van der Waals surface area (Å²) in [6, 6.07) is 17.6. The third-order valence-corrected chi connectivity index (χ3v) is 8.79. The Morgan fingerprint density at radius 2 is 1.72 bits per heavy atom. The summed E-state index contributed by atoms with van der Waals surface area (Å²) in [4.78, 5) is 22.1. The molecule has 0 aliphatic carbocycles. The molecule has 1 aliphatic rings. The van der Waals surface area contributed by atoms with Crippen molar-refractivity contribution < 1.29 is 45.8 Å². The van der Waals surface area contributed by atoms with E-state index in [-0.39, 0.29) is 18.2 Å². The highest BCUT2D eigenvalue weighted by atomic mass is 32.2. The summed E-state index contributed by atoms with van der Waals surface area (Å²) < 4.78 is 64.2. The van der Waals surface area contributed by atoms with Gasteiger partial charge in [-0.15, -0.1) is 0 Å². The first-order valence-electron chi connectivity index (χ1n) is 14.2. The van der Waals surface area contributed by atoms with Crippen molar-refractivity contribution in [2.75, 3.05) is 17.1 Å². The summed E-state index contributed by atoms with van der Waals surface area (Å²) >= 11 is 0. The zero-order chi connectivity index (χ0) is 34.0. The van der Waals surface area contributed by atoms with Gasteiger partial charge in [-0.2, -0.15) is 13.2 Å². The van der Waals surface area contributed by atoms with Gasteiger partial charge in [0.25, 0.3) is 0 Å². The number of phenols is 1. The molecule has 46 heavy (non-hydrogen) atoms. The second kappa shape index (κ2) is 13.4. The lowest BCUT2D eigenvalue weighted by Gasteiger charge is -2.35. The third kappa shape index (κ3) is 8.17. The molecule has 0 saturated heterocycles. The van der Waals surface area contributed by atoms with Gasteiger partial charge < -0.3 is 25.7 Å². The number of rotatable bonds is 7. The summed E-state index contributed by atoms with van der Waals surface area (Å²) in [6.07, 6.45) is -2.62. The number of hydrogen-bond acceptors (Lipinski definition) is 7. The molecule has 246 valence electrons. The third-order valence-electron chi connectivity index (χ3n) is 7.61. The van der Waals surface area contributed by atoms with Crippen molar-refractivity contribution in [3.05, 3.63) is 94.2 Å². The van der Waals surface area contributed by atoms with Crippen LogP contribution in [0.3, 0.4) is 0 Å². The highest BCUT2D eigenvalue weighted by molar-refractivity contribution is 7.92. The van der Waals surface area contributed by atoms with E-state index in [1.807, 2.05) is 56.3 Å². The first kappa shape index (κ1) is 34.3. The fourth-order valence-corrected chi connectivity index (χ4v) is 6.41. The fraction of sp³-hybridized carbons (Fsp3) is 0.312. The molecule has 14 heteroatoms. The predicted molar refractivity (Wildman–Crippen MR) is 166 cm³/mol. The molecular weight excluding hydrogens is 627 g/mol. The van der Waals surface area contributed by atoms with Crippen LogP contribution in [0, 0.1) is 13.8 Å². The lowest BCUT2D eigenvalue weighted by atomic mass is 9.93. The summed E-state index contributed by atoms with van der Waals surface area (Å²) in [5, 5.41) is 21.1. The summed E-state index contributed by atoms with van der Waals surface area (Å²) in [6.45, 7) is 4.02. The van der Waals surface area contributed by atoms with Crippen molar-refractivity contribution in [1.82, 2.24) is 5.32 Å². The Labute approximate surface area is 263 Å². The van der Waals surface area contributed by atoms with Crippen molar-refractivity contribution in [2.24, 2.45) is 5.73 Å². The molecule has 1 amide bonds. The predicted octanol–water partition coefficient (Wildman–Crippen LogP) is 4.88. The molecule has 2 heterocycles. The minimum atomic E-state index is -5.08. The molecule has 10 nitrogen and oxygen atoms in total. The molecule has 2 atom stereocenters. The molecule has 5 rings (SSSR count). The van der Waals surface area contributed by atoms with Gasteiger partial charge in [0.1, 0.15) is 17.1 Å². The van der Waals surface area contributed by atoms with E-state index in [4.69, 9.17) is 20.1 Å². The average molecular weight is 662 g/mol. The van der Waals surface area contributed by atoms with Crippen LogP contribution >= 0.6 is 0 Å². The van der Waals surface area contributed by atoms with Crippen molar-refractivity contribution >= 4 is 38.6 Å². The number of anilines is 1. The Balaban J connectivity index is 0.000000617. The number of furan rings is 1. The van der Waals surface area contributed by atoms with Crippen LogP contribution in [-0.2, 0) is 32.5 Å². The minimum Gasteiger partial charge on any atom is -0.508 e. The lowest BCUT2D eigenvalue weighted by molar-refractivity contribution is -0.192. The Kier molecular flexibility index (Phi) is 10.0. The number of nitrogens with one attached hydrogen (secondary N) is 1. The molecule has 0 fully saturated rings. The van der Waals surface area contributed by atoms with E-state index in [2.05, 4.69) is 5.32 Å². The van der Waals surface area contributed by atoms with Gasteiger partial charge in [0.2, 0.25) is 15.9 Å². The summed E-state index contributed by atoms with van der Waals surface area (Å²) in [5.41, 5.74) is 12.1. The number of alkyl halides is 3. The number of carboxylic acid groups (broad SMARTS) is 1. The van der Waals surface area contributed by atoms with Crippen molar-refractivity contribution in [3.8, 4) is 5.75 Å². The van der Waals surface area contributed by atoms with E-state index in [1.165, 1.54) is 10.6 Å². The largest absolute Gasteiger partial charge is 0.508 e. The number of hydrogen-bond donors (Lipinski definition) is 4.